The molecule has 2 rings (SSSR count). The average Bonchev–Trinajstić information content (AvgIpc) is 2.69. The number of hydrogen-bond acceptors (Lipinski definition) is 4. The normalized spacial score (nSPS) is 11.0. The quantitative estimate of drug-likeness (QED) is 0.669. The van der Waals surface area contributed by atoms with Crippen LogP contribution in [0.3, 0.4) is 0 Å². The number of rotatable bonds is 4. The SMILES string of the molecule is NC(=O)COC(=O)/C=C/c1c(Cl)nc2ccccn12. The summed E-state index contributed by atoms with van der Waals surface area (Å²) in [6, 6.07) is 5.43. The van der Waals surface area contributed by atoms with Crippen molar-refractivity contribution < 1.29 is 14.3 Å². The van der Waals surface area contributed by atoms with E-state index in [2.05, 4.69) is 9.72 Å². The summed E-state index contributed by atoms with van der Waals surface area (Å²) in [4.78, 5) is 25.9. The number of ether oxygens (including phenoxy) is 1. The highest BCUT2D eigenvalue weighted by Gasteiger charge is 2.07. The van der Waals surface area contributed by atoms with E-state index in [1.165, 1.54) is 6.08 Å². The van der Waals surface area contributed by atoms with Crippen molar-refractivity contribution in [1.82, 2.24) is 9.38 Å². The Bertz CT molecular complexity index is 663. The summed E-state index contributed by atoms with van der Waals surface area (Å²) < 4.78 is 6.30. The highest BCUT2D eigenvalue weighted by molar-refractivity contribution is 6.31. The summed E-state index contributed by atoms with van der Waals surface area (Å²) in [6.45, 7) is -0.454. The van der Waals surface area contributed by atoms with E-state index in [0.29, 0.717) is 11.3 Å². The van der Waals surface area contributed by atoms with Crippen LogP contribution >= 0.6 is 11.6 Å². The first-order valence-corrected chi connectivity index (χ1v) is 5.71. The minimum absolute atomic E-state index is 0.269. The molecule has 0 unspecified atom stereocenters. The van der Waals surface area contributed by atoms with E-state index < -0.39 is 18.5 Å². The van der Waals surface area contributed by atoms with Gasteiger partial charge in [0.25, 0.3) is 5.91 Å². The maximum atomic E-state index is 11.3. The van der Waals surface area contributed by atoms with E-state index in [1.54, 1.807) is 16.7 Å². The van der Waals surface area contributed by atoms with E-state index in [9.17, 15) is 9.59 Å². The van der Waals surface area contributed by atoms with Crippen LogP contribution in [0.25, 0.3) is 11.7 Å². The number of esters is 1. The summed E-state index contributed by atoms with van der Waals surface area (Å²) in [5.74, 6) is -1.39. The first kappa shape index (κ1) is 13.1. The van der Waals surface area contributed by atoms with Gasteiger partial charge in [0.1, 0.15) is 5.65 Å². The van der Waals surface area contributed by atoms with Crippen LogP contribution in [0.4, 0.5) is 0 Å². The summed E-state index contributed by atoms with van der Waals surface area (Å²) in [5.41, 5.74) is 6.07. The number of aromatic nitrogens is 2. The molecule has 2 heterocycles. The summed E-state index contributed by atoms with van der Waals surface area (Å²) in [6.07, 6.45) is 4.39. The Morgan fingerprint density at radius 2 is 2.26 bits per heavy atom. The van der Waals surface area contributed by atoms with Crippen molar-refractivity contribution >= 4 is 35.2 Å². The standard InChI is InChI=1S/C12H10ClN3O3/c13-12-8(4-5-11(18)19-7-9(14)17)16-6-2-1-3-10(16)15-12/h1-6H,7H2,(H2,14,17)/b5-4+. The molecule has 0 spiro atoms. The lowest BCUT2D eigenvalue weighted by molar-refractivity contribution is -0.142. The highest BCUT2D eigenvalue weighted by Crippen LogP contribution is 2.18. The third-order valence-electron chi connectivity index (χ3n) is 2.26. The minimum atomic E-state index is -0.713. The number of nitrogens with zero attached hydrogens (tertiary/aromatic N) is 2. The molecule has 7 heteroatoms. The third kappa shape index (κ3) is 3.11. The van der Waals surface area contributed by atoms with E-state index in [1.807, 2.05) is 12.1 Å². The van der Waals surface area contributed by atoms with Gasteiger partial charge in [-0.2, -0.15) is 0 Å². The number of pyridine rings is 1. The van der Waals surface area contributed by atoms with Crippen LogP contribution in [-0.2, 0) is 14.3 Å². The van der Waals surface area contributed by atoms with Gasteiger partial charge < -0.3 is 10.5 Å². The van der Waals surface area contributed by atoms with Crippen LogP contribution in [0.15, 0.2) is 30.5 Å². The largest absolute Gasteiger partial charge is 0.452 e. The molecule has 0 atom stereocenters. The van der Waals surface area contributed by atoms with Crippen LogP contribution in [0.1, 0.15) is 5.69 Å². The number of hydrogen-bond donors (Lipinski definition) is 1. The number of imidazole rings is 1. The van der Waals surface area contributed by atoms with Crippen molar-refractivity contribution in [2.24, 2.45) is 5.73 Å². The van der Waals surface area contributed by atoms with Crippen molar-refractivity contribution in [2.75, 3.05) is 6.61 Å². The molecule has 0 bridgehead atoms. The minimum Gasteiger partial charge on any atom is -0.452 e. The number of carbonyl (C=O) groups excluding carboxylic acids is 2. The number of nitrogens with two attached hydrogens (primary N) is 1. The second-order valence-electron chi connectivity index (χ2n) is 3.62. The van der Waals surface area contributed by atoms with Crippen LogP contribution in [0.5, 0.6) is 0 Å². The molecular formula is C12H10ClN3O3. The molecule has 0 fully saturated rings. The van der Waals surface area contributed by atoms with Gasteiger partial charge in [0.2, 0.25) is 0 Å². The zero-order valence-electron chi connectivity index (χ0n) is 9.75. The fourth-order valence-corrected chi connectivity index (χ4v) is 1.71. The first-order valence-electron chi connectivity index (χ1n) is 5.33. The number of primary amides is 1. The maximum absolute atomic E-state index is 11.3. The van der Waals surface area contributed by atoms with Crippen molar-refractivity contribution in [1.29, 1.82) is 0 Å². The summed E-state index contributed by atoms with van der Waals surface area (Å²) in [7, 11) is 0. The van der Waals surface area contributed by atoms with Crippen LogP contribution in [0.2, 0.25) is 5.15 Å². The topological polar surface area (TPSA) is 86.7 Å². The molecule has 98 valence electrons. The molecule has 6 nitrogen and oxygen atoms in total. The Morgan fingerprint density at radius 1 is 1.47 bits per heavy atom. The number of amides is 1. The Kier molecular flexibility index (Phi) is 3.82. The monoisotopic (exact) mass is 279 g/mol. The lowest BCUT2D eigenvalue weighted by Gasteiger charge is -1.97. The smallest absolute Gasteiger partial charge is 0.331 e. The van der Waals surface area contributed by atoms with E-state index in [-0.39, 0.29) is 5.15 Å². The van der Waals surface area contributed by atoms with Gasteiger partial charge in [-0.1, -0.05) is 17.7 Å². The predicted molar refractivity (Wildman–Crippen MR) is 69.4 cm³/mol. The van der Waals surface area contributed by atoms with Gasteiger partial charge in [-0.15, -0.1) is 0 Å². The lowest BCUT2D eigenvalue weighted by atomic mass is 10.4. The maximum Gasteiger partial charge on any atom is 0.331 e. The van der Waals surface area contributed by atoms with Crippen LogP contribution in [0, 0.1) is 0 Å². The van der Waals surface area contributed by atoms with Gasteiger partial charge in [-0.3, -0.25) is 9.20 Å². The molecule has 0 radical (unpaired) electrons. The molecule has 0 saturated heterocycles. The average molecular weight is 280 g/mol. The van der Waals surface area contributed by atoms with Gasteiger partial charge in [0.05, 0.1) is 5.69 Å². The molecule has 0 saturated carbocycles. The second kappa shape index (κ2) is 5.53. The third-order valence-corrected chi connectivity index (χ3v) is 2.53. The number of halogens is 1. The molecule has 2 aromatic rings. The van der Waals surface area contributed by atoms with Crippen molar-refractivity contribution in [3.05, 3.63) is 41.3 Å². The summed E-state index contributed by atoms with van der Waals surface area (Å²) >= 11 is 5.97. The number of carbonyl (C=O) groups is 2. The molecule has 2 N–H and O–H groups in total. The zero-order chi connectivity index (χ0) is 13.8. The van der Waals surface area contributed by atoms with Gasteiger partial charge in [-0.05, 0) is 18.2 Å². The summed E-state index contributed by atoms with van der Waals surface area (Å²) in [5, 5.41) is 0.269. The molecular weight excluding hydrogens is 270 g/mol. The molecule has 1 amide bonds. The zero-order valence-corrected chi connectivity index (χ0v) is 10.5. The van der Waals surface area contributed by atoms with Gasteiger partial charge >= 0.3 is 5.97 Å². The Hall–Kier alpha value is -2.34. The van der Waals surface area contributed by atoms with Crippen molar-refractivity contribution in [3.8, 4) is 0 Å². The van der Waals surface area contributed by atoms with Crippen LogP contribution < -0.4 is 5.73 Å². The molecule has 0 aliphatic heterocycles. The van der Waals surface area contributed by atoms with Gasteiger partial charge in [0.15, 0.2) is 11.8 Å². The van der Waals surface area contributed by atoms with Gasteiger partial charge in [0, 0.05) is 12.3 Å². The van der Waals surface area contributed by atoms with Crippen molar-refractivity contribution in [2.45, 2.75) is 0 Å². The molecule has 0 aromatic carbocycles. The van der Waals surface area contributed by atoms with Crippen molar-refractivity contribution in [3.63, 3.8) is 0 Å². The Morgan fingerprint density at radius 3 is 3.00 bits per heavy atom. The fourth-order valence-electron chi connectivity index (χ4n) is 1.47. The fraction of sp³-hybridized carbons (Fsp3) is 0.0833. The Labute approximate surface area is 113 Å². The molecule has 19 heavy (non-hydrogen) atoms. The lowest BCUT2D eigenvalue weighted by Crippen LogP contribution is -2.19. The number of fused-ring (bicyclic) bond motifs is 1. The molecule has 0 aliphatic carbocycles. The predicted octanol–water partition coefficient (Wildman–Crippen LogP) is 1.03. The Balaban J connectivity index is 2.19. The highest BCUT2D eigenvalue weighted by atomic mass is 35.5. The van der Waals surface area contributed by atoms with E-state index in [4.69, 9.17) is 17.3 Å². The second-order valence-corrected chi connectivity index (χ2v) is 3.98. The molecule has 2 aromatic heterocycles. The van der Waals surface area contributed by atoms with Crippen LogP contribution in [-0.4, -0.2) is 27.9 Å². The van der Waals surface area contributed by atoms with E-state index in [0.717, 1.165) is 6.08 Å². The van der Waals surface area contributed by atoms with E-state index >= 15 is 0 Å². The molecule has 0 aliphatic rings. The van der Waals surface area contributed by atoms with Gasteiger partial charge in [-0.25, -0.2) is 9.78 Å². The first-order chi connectivity index (χ1) is 9.08.